The molecule has 3 N–H and O–H groups in total. The first-order valence-corrected chi connectivity index (χ1v) is 7.51. The molecule has 0 radical (unpaired) electrons. The molecule has 0 amide bonds. The summed E-state index contributed by atoms with van der Waals surface area (Å²) in [6.07, 6.45) is 3.38. The van der Waals surface area contributed by atoms with Crippen LogP contribution in [0.25, 0.3) is 33.4 Å². The number of nitro groups is 1. The third-order valence-corrected chi connectivity index (χ3v) is 3.97. The van der Waals surface area contributed by atoms with Crippen LogP contribution in [0.1, 0.15) is 5.82 Å². The minimum absolute atomic E-state index is 0.152. The van der Waals surface area contributed by atoms with E-state index in [1.807, 2.05) is 12.3 Å². The molecular weight excluding hydrogens is 322 g/mol. The van der Waals surface area contributed by atoms with Gasteiger partial charge in [0.1, 0.15) is 11.4 Å². The first-order valence-electron chi connectivity index (χ1n) is 7.51. The van der Waals surface area contributed by atoms with Gasteiger partial charge >= 0.3 is 5.82 Å². The summed E-state index contributed by atoms with van der Waals surface area (Å²) in [5, 5.41) is 21.5. The number of hydrogen-bond donors (Lipinski definition) is 3. The third kappa shape index (κ3) is 2.49. The zero-order chi connectivity index (χ0) is 17.6. The molecule has 3 heterocycles. The highest BCUT2D eigenvalue weighted by Crippen LogP contribution is 2.33. The average Bonchev–Trinajstić information content (AvgIpc) is 3.18. The smallest absolute Gasteiger partial charge is 0.348 e. The molecule has 0 aliphatic heterocycles. The Hall–Kier alpha value is -3.68. The molecule has 8 nitrogen and oxygen atoms in total. The Morgan fingerprint density at radius 1 is 1.20 bits per heavy atom. The molecule has 0 atom stereocenters. The first-order chi connectivity index (χ1) is 12.0. The number of aryl methyl sites for hydroxylation is 1. The van der Waals surface area contributed by atoms with Crippen molar-refractivity contribution < 1.29 is 10.0 Å². The fourth-order valence-corrected chi connectivity index (χ4v) is 2.83. The Morgan fingerprint density at radius 3 is 2.68 bits per heavy atom. The lowest BCUT2D eigenvalue weighted by Crippen LogP contribution is -1.91. The van der Waals surface area contributed by atoms with Gasteiger partial charge in [-0.3, -0.25) is 0 Å². The Bertz CT molecular complexity index is 1100. The van der Waals surface area contributed by atoms with E-state index >= 15 is 0 Å². The maximum atomic E-state index is 11.2. The van der Waals surface area contributed by atoms with Gasteiger partial charge in [0.25, 0.3) is 0 Å². The van der Waals surface area contributed by atoms with Crippen LogP contribution in [0.4, 0.5) is 5.82 Å². The van der Waals surface area contributed by atoms with Gasteiger partial charge in [-0.2, -0.15) is 0 Å². The van der Waals surface area contributed by atoms with E-state index < -0.39 is 4.92 Å². The molecule has 25 heavy (non-hydrogen) atoms. The molecule has 0 aliphatic carbocycles. The van der Waals surface area contributed by atoms with E-state index in [0.29, 0.717) is 17.0 Å². The second-order valence-corrected chi connectivity index (χ2v) is 5.65. The molecule has 124 valence electrons. The van der Waals surface area contributed by atoms with Crippen LogP contribution in [-0.4, -0.2) is 30.0 Å². The van der Waals surface area contributed by atoms with Gasteiger partial charge in [-0.15, -0.1) is 0 Å². The Kier molecular flexibility index (Phi) is 3.24. The highest BCUT2D eigenvalue weighted by Gasteiger charge is 2.21. The molecule has 4 aromatic rings. The van der Waals surface area contributed by atoms with Gasteiger partial charge in [0.2, 0.25) is 0 Å². The summed E-state index contributed by atoms with van der Waals surface area (Å²) < 4.78 is 0. The lowest BCUT2D eigenvalue weighted by Gasteiger charge is -2.02. The lowest BCUT2D eigenvalue weighted by molar-refractivity contribution is -0.388. The number of benzene rings is 1. The molecule has 0 unspecified atom stereocenters. The number of pyridine rings is 1. The van der Waals surface area contributed by atoms with Crippen molar-refractivity contribution in [1.29, 1.82) is 0 Å². The van der Waals surface area contributed by atoms with Crippen LogP contribution in [0.3, 0.4) is 0 Å². The number of aromatic amines is 2. The van der Waals surface area contributed by atoms with Crippen molar-refractivity contribution in [1.82, 2.24) is 19.9 Å². The molecule has 3 aromatic heterocycles. The number of phenolic OH excluding ortho intramolecular Hbond substituents is 1. The molecular formula is C17H13N5O3. The van der Waals surface area contributed by atoms with Crippen molar-refractivity contribution >= 4 is 16.9 Å². The second-order valence-electron chi connectivity index (χ2n) is 5.65. The minimum Gasteiger partial charge on any atom is -0.508 e. The van der Waals surface area contributed by atoms with Gasteiger partial charge in [-0.1, -0.05) is 12.1 Å². The van der Waals surface area contributed by atoms with Gasteiger partial charge in [0.15, 0.2) is 11.5 Å². The van der Waals surface area contributed by atoms with Gasteiger partial charge in [0, 0.05) is 35.8 Å². The summed E-state index contributed by atoms with van der Waals surface area (Å²) in [7, 11) is 0. The zero-order valence-corrected chi connectivity index (χ0v) is 13.1. The van der Waals surface area contributed by atoms with Crippen molar-refractivity contribution in [2.45, 2.75) is 6.92 Å². The maximum Gasteiger partial charge on any atom is 0.348 e. The quantitative estimate of drug-likeness (QED) is 0.390. The summed E-state index contributed by atoms with van der Waals surface area (Å²) >= 11 is 0. The van der Waals surface area contributed by atoms with E-state index in [1.54, 1.807) is 37.4 Å². The monoisotopic (exact) mass is 335 g/mol. The molecule has 0 saturated carbocycles. The van der Waals surface area contributed by atoms with E-state index in [4.69, 9.17) is 0 Å². The van der Waals surface area contributed by atoms with Crippen LogP contribution in [0, 0.1) is 17.0 Å². The van der Waals surface area contributed by atoms with Crippen LogP contribution < -0.4 is 0 Å². The van der Waals surface area contributed by atoms with Crippen molar-refractivity contribution in [3.63, 3.8) is 0 Å². The van der Waals surface area contributed by atoms with E-state index in [0.717, 1.165) is 16.5 Å². The Balaban J connectivity index is 1.89. The fraction of sp³-hybridized carbons (Fsp3) is 0.0588. The van der Waals surface area contributed by atoms with Gasteiger partial charge in [-0.25, -0.2) is 15.0 Å². The van der Waals surface area contributed by atoms with E-state index in [2.05, 4.69) is 19.9 Å². The first kappa shape index (κ1) is 14.9. The van der Waals surface area contributed by atoms with Crippen molar-refractivity contribution in [2.75, 3.05) is 0 Å². The number of nitrogens with one attached hydrogen (secondary N) is 2. The number of fused-ring (bicyclic) bond motifs is 1. The summed E-state index contributed by atoms with van der Waals surface area (Å²) in [5.74, 6) is 0.500. The molecule has 8 heteroatoms. The molecule has 4 rings (SSSR count). The summed E-state index contributed by atoms with van der Waals surface area (Å²) in [6, 6.07) is 8.63. The van der Waals surface area contributed by atoms with Crippen LogP contribution >= 0.6 is 0 Å². The van der Waals surface area contributed by atoms with Crippen LogP contribution in [-0.2, 0) is 0 Å². The fourth-order valence-electron chi connectivity index (χ4n) is 2.83. The average molecular weight is 335 g/mol. The summed E-state index contributed by atoms with van der Waals surface area (Å²) in [6.45, 7) is 1.67. The molecule has 1 aromatic carbocycles. The van der Waals surface area contributed by atoms with Crippen molar-refractivity contribution in [3.05, 3.63) is 58.7 Å². The van der Waals surface area contributed by atoms with Gasteiger partial charge < -0.3 is 20.2 Å². The standard InChI is InChI=1S/C17H13N5O3/c1-9-20-15(17(21-9)22(24)25)11-6-13-14(8-19-16(13)18-7-11)10-2-4-12(23)5-3-10/h2-8,23H,1H3,(H,18,19)(H,20,21). The molecule has 0 bridgehead atoms. The predicted octanol–water partition coefficient (Wildman–Crippen LogP) is 3.54. The number of H-pyrrole nitrogens is 2. The number of hydrogen-bond acceptors (Lipinski definition) is 5. The predicted molar refractivity (Wildman–Crippen MR) is 92.2 cm³/mol. The number of nitrogens with zero attached hydrogens (tertiary/aromatic N) is 3. The minimum atomic E-state index is -0.489. The number of imidazole rings is 1. The van der Waals surface area contributed by atoms with E-state index in [1.165, 1.54) is 0 Å². The zero-order valence-electron chi connectivity index (χ0n) is 13.1. The Morgan fingerprint density at radius 2 is 1.96 bits per heavy atom. The Labute approximate surface area is 141 Å². The van der Waals surface area contributed by atoms with Crippen LogP contribution in [0.2, 0.25) is 0 Å². The highest BCUT2D eigenvalue weighted by molar-refractivity contribution is 5.96. The second kappa shape index (κ2) is 5.45. The van der Waals surface area contributed by atoms with Gasteiger partial charge in [-0.05, 0) is 28.7 Å². The normalized spacial score (nSPS) is 11.1. The van der Waals surface area contributed by atoms with Crippen molar-refractivity contribution in [3.8, 4) is 28.1 Å². The molecule has 0 saturated heterocycles. The number of rotatable bonds is 3. The third-order valence-electron chi connectivity index (χ3n) is 3.97. The topological polar surface area (TPSA) is 121 Å². The molecule has 0 aliphatic rings. The van der Waals surface area contributed by atoms with Crippen molar-refractivity contribution in [2.24, 2.45) is 0 Å². The summed E-state index contributed by atoms with van der Waals surface area (Å²) in [4.78, 5) is 25.1. The van der Waals surface area contributed by atoms with E-state index in [-0.39, 0.29) is 17.3 Å². The molecule has 0 spiro atoms. The van der Waals surface area contributed by atoms with Crippen LogP contribution in [0.15, 0.2) is 42.7 Å². The SMILES string of the molecule is Cc1nc(-c2cnc3[nH]cc(-c4ccc(O)cc4)c3c2)c([N+](=O)[O-])[nH]1. The van der Waals surface area contributed by atoms with E-state index in [9.17, 15) is 15.2 Å². The van der Waals surface area contributed by atoms with Crippen LogP contribution in [0.5, 0.6) is 5.75 Å². The summed E-state index contributed by atoms with van der Waals surface area (Å²) in [5.41, 5.74) is 3.27. The molecule has 0 fully saturated rings. The number of aromatic nitrogens is 4. The number of phenols is 1. The maximum absolute atomic E-state index is 11.2. The largest absolute Gasteiger partial charge is 0.508 e. The number of aromatic hydroxyl groups is 1. The highest BCUT2D eigenvalue weighted by atomic mass is 16.6. The van der Waals surface area contributed by atoms with Gasteiger partial charge in [0.05, 0.1) is 0 Å². The lowest BCUT2D eigenvalue weighted by atomic mass is 10.0.